The van der Waals surface area contributed by atoms with E-state index in [0.717, 1.165) is 11.3 Å². The second kappa shape index (κ2) is 6.02. The molecule has 0 saturated heterocycles. The van der Waals surface area contributed by atoms with Crippen LogP contribution in [-0.2, 0) is 5.88 Å². The Labute approximate surface area is 118 Å². The normalized spacial score (nSPS) is 10.2. The standard InChI is InChI=1S/C12H11BrClN3O/c1-18-11-10(13)7-15-12(17-11)16-9-4-2-8(6-14)3-5-9/h2-5,7H,6H2,1H3,(H,15,16,17). The second-order valence-corrected chi connectivity index (χ2v) is 4.63. The predicted octanol–water partition coefficient (Wildman–Crippen LogP) is 3.73. The van der Waals surface area contributed by atoms with Crippen LogP contribution in [-0.4, -0.2) is 17.1 Å². The zero-order valence-corrected chi connectivity index (χ0v) is 12.0. The summed E-state index contributed by atoms with van der Waals surface area (Å²) in [5.74, 6) is 1.47. The molecule has 0 bridgehead atoms. The van der Waals surface area contributed by atoms with Crippen molar-refractivity contribution < 1.29 is 4.74 Å². The third-order valence-corrected chi connectivity index (χ3v) is 3.12. The molecule has 1 heterocycles. The van der Waals surface area contributed by atoms with Crippen molar-refractivity contribution in [2.45, 2.75) is 5.88 Å². The van der Waals surface area contributed by atoms with Crippen molar-refractivity contribution >= 4 is 39.2 Å². The van der Waals surface area contributed by atoms with E-state index in [1.807, 2.05) is 24.3 Å². The Hall–Kier alpha value is -1.33. The first-order valence-electron chi connectivity index (χ1n) is 5.21. The summed E-state index contributed by atoms with van der Waals surface area (Å²) in [6.45, 7) is 0. The van der Waals surface area contributed by atoms with Gasteiger partial charge < -0.3 is 10.1 Å². The molecular formula is C12H11BrClN3O. The van der Waals surface area contributed by atoms with E-state index in [1.165, 1.54) is 0 Å². The van der Waals surface area contributed by atoms with Gasteiger partial charge in [0.1, 0.15) is 0 Å². The number of hydrogen-bond donors (Lipinski definition) is 1. The largest absolute Gasteiger partial charge is 0.480 e. The highest BCUT2D eigenvalue weighted by atomic mass is 79.9. The van der Waals surface area contributed by atoms with Gasteiger partial charge in [-0.1, -0.05) is 12.1 Å². The van der Waals surface area contributed by atoms with E-state index in [1.54, 1.807) is 13.3 Å². The molecule has 6 heteroatoms. The van der Waals surface area contributed by atoms with Crippen LogP contribution < -0.4 is 10.1 Å². The van der Waals surface area contributed by atoms with Crippen molar-refractivity contribution in [2.24, 2.45) is 0 Å². The van der Waals surface area contributed by atoms with Crippen LogP contribution >= 0.6 is 27.5 Å². The van der Waals surface area contributed by atoms with Gasteiger partial charge in [0, 0.05) is 11.6 Å². The van der Waals surface area contributed by atoms with E-state index in [0.29, 0.717) is 22.2 Å². The fourth-order valence-electron chi connectivity index (χ4n) is 1.36. The van der Waals surface area contributed by atoms with Gasteiger partial charge in [0.05, 0.1) is 17.8 Å². The molecule has 4 nitrogen and oxygen atoms in total. The summed E-state index contributed by atoms with van der Waals surface area (Å²) in [4.78, 5) is 8.36. The summed E-state index contributed by atoms with van der Waals surface area (Å²) in [5.41, 5.74) is 1.96. The maximum Gasteiger partial charge on any atom is 0.232 e. The van der Waals surface area contributed by atoms with Gasteiger partial charge in [-0.25, -0.2) is 4.98 Å². The van der Waals surface area contributed by atoms with Crippen molar-refractivity contribution in [3.05, 3.63) is 40.5 Å². The zero-order chi connectivity index (χ0) is 13.0. The molecule has 0 atom stereocenters. The number of benzene rings is 1. The molecule has 0 amide bonds. The number of ether oxygens (including phenoxy) is 1. The number of halogens is 2. The van der Waals surface area contributed by atoms with Crippen LogP contribution in [0.2, 0.25) is 0 Å². The average molecular weight is 329 g/mol. The lowest BCUT2D eigenvalue weighted by atomic mass is 10.2. The molecule has 2 aromatic rings. The maximum atomic E-state index is 5.73. The van der Waals surface area contributed by atoms with Gasteiger partial charge in [-0.15, -0.1) is 11.6 Å². The molecule has 0 fully saturated rings. The molecule has 0 aliphatic carbocycles. The highest BCUT2D eigenvalue weighted by Gasteiger charge is 2.05. The molecule has 0 aliphatic rings. The number of rotatable bonds is 4. The van der Waals surface area contributed by atoms with Crippen LogP contribution in [0.4, 0.5) is 11.6 Å². The Morgan fingerprint density at radius 1 is 1.33 bits per heavy atom. The van der Waals surface area contributed by atoms with Crippen molar-refractivity contribution in [3.8, 4) is 5.88 Å². The molecule has 1 aromatic heterocycles. The monoisotopic (exact) mass is 327 g/mol. The third kappa shape index (κ3) is 3.11. The van der Waals surface area contributed by atoms with Crippen LogP contribution in [0.3, 0.4) is 0 Å². The summed E-state index contributed by atoms with van der Waals surface area (Å²) in [6.07, 6.45) is 1.64. The number of aromatic nitrogens is 2. The van der Waals surface area contributed by atoms with Crippen LogP contribution in [0.15, 0.2) is 34.9 Å². The molecule has 0 spiro atoms. The molecule has 0 saturated carbocycles. The molecule has 0 aliphatic heterocycles. The summed E-state index contributed by atoms with van der Waals surface area (Å²) >= 11 is 9.03. The molecule has 0 unspecified atom stereocenters. The number of methoxy groups -OCH3 is 1. The van der Waals surface area contributed by atoms with Crippen molar-refractivity contribution in [1.29, 1.82) is 0 Å². The fourth-order valence-corrected chi connectivity index (χ4v) is 1.89. The number of alkyl halides is 1. The summed E-state index contributed by atoms with van der Waals surface area (Å²) in [7, 11) is 1.56. The SMILES string of the molecule is COc1nc(Nc2ccc(CCl)cc2)ncc1Br. The average Bonchev–Trinajstić information content (AvgIpc) is 2.42. The third-order valence-electron chi connectivity index (χ3n) is 2.27. The van der Waals surface area contributed by atoms with E-state index in [9.17, 15) is 0 Å². The number of nitrogens with one attached hydrogen (secondary N) is 1. The van der Waals surface area contributed by atoms with Crippen molar-refractivity contribution in [1.82, 2.24) is 9.97 Å². The Kier molecular flexibility index (Phi) is 4.38. The van der Waals surface area contributed by atoms with E-state index >= 15 is 0 Å². The van der Waals surface area contributed by atoms with Crippen LogP contribution in [0, 0.1) is 0 Å². The number of anilines is 2. The topological polar surface area (TPSA) is 47.0 Å². The van der Waals surface area contributed by atoms with Crippen LogP contribution in [0.1, 0.15) is 5.56 Å². The zero-order valence-electron chi connectivity index (χ0n) is 9.65. The smallest absolute Gasteiger partial charge is 0.232 e. The van der Waals surface area contributed by atoms with Crippen molar-refractivity contribution in [3.63, 3.8) is 0 Å². The summed E-state index contributed by atoms with van der Waals surface area (Å²) in [5, 5.41) is 3.09. The quantitative estimate of drug-likeness (QED) is 0.869. The molecule has 0 radical (unpaired) electrons. The molecule has 1 aromatic carbocycles. The van der Waals surface area contributed by atoms with Crippen LogP contribution in [0.25, 0.3) is 0 Å². The summed E-state index contributed by atoms with van der Waals surface area (Å²) in [6, 6.07) is 7.75. The predicted molar refractivity (Wildman–Crippen MR) is 75.6 cm³/mol. The first-order valence-corrected chi connectivity index (χ1v) is 6.54. The van der Waals surface area contributed by atoms with Crippen molar-refractivity contribution in [2.75, 3.05) is 12.4 Å². The lowest BCUT2D eigenvalue weighted by Crippen LogP contribution is -1.99. The Morgan fingerprint density at radius 3 is 2.67 bits per heavy atom. The van der Waals surface area contributed by atoms with Gasteiger partial charge in [-0.3, -0.25) is 0 Å². The van der Waals surface area contributed by atoms with Crippen LogP contribution in [0.5, 0.6) is 5.88 Å². The van der Waals surface area contributed by atoms with E-state index in [4.69, 9.17) is 16.3 Å². The van der Waals surface area contributed by atoms with E-state index < -0.39 is 0 Å². The minimum atomic E-state index is 0.480. The molecule has 2 rings (SSSR count). The van der Waals surface area contributed by atoms with Gasteiger partial charge in [-0.05, 0) is 33.6 Å². The van der Waals surface area contributed by atoms with Gasteiger partial charge in [0.2, 0.25) is 11.8 Å². The molecular weight excluding hydrogens is 318 g/mol. The lowest BCUT2D eigenvalue weighted by Gasteiger charge is -2.07. The fraction of sp³-hybridized carbons (Fsp3) is 0.167. The van der Waals surface area contributed by atoms with Gasteiger partial charge >= 0.3 is 0 Å². The Bertz CT molecular complexity index is 533. The van der Waals surface area contributed by atoms with Gasteiger partial charge in [-0.2, -0.15) is 4.98 Å². The Morgan fingerprint density at radius 2 is 2.06 bits per heavy atom. The highest BCUT2D eigenvalue weighted by molar-refractivity contribution is 9.10. The number of hydrogen-bond acceptors (Lipinski definition) is 4. The van der Waals surface area contributed by atoms with E-state index in [-0.39, 0.29) is 0 Å². The lowest BCUT2D eigenvalue weighted by molar-refractivity contribution is 0.394. The molecule has 1 N–H and O–H groups in total. The van der Waals surface area contributed by atoms with Gasteiger partial charge in [0.25, 0.3) is 0 Å². The van der Waals surface area contributed by atoms with Gasteiger partial charge in [0.15, 0.2) is 0 Å². The minimum absolute atomic E-state index is 0.480. The first-order chi connectivity index (χ1) is 8.72. The molecule has 18 heavy (non-hydrogen) atoms. The highest BCUT2D eigenvalue weighted by Crippen LogP contribution is 2.23. The minimum Gasteiger partial charge on any atom is -0.480 e. The number of nitrogens with zero attached hydrogens (tertiary/aromatic N) is 2. The summed E-state index contributed by atoms with van der Waals surface area (Å²) < 4.78 is 5.82. The second-order valence-electron chi connectivity index (χ2n) is 3.51. The Balaban J connectivity index is 2.17. The first kappa shape index (κ1) is 13.1. The molecule has 94 valence electrons. The van der Waals surface area contributed by atoms with E-state index in [2.05, 4.69) is 31.2 Å². The maximum absolute atomic E-state index is 5.73.